The normalized spacial score (nSPS) is 11.7. The molecule has 0 saturated carbocycles. The number of hydrogen-bond acceptors (Lipinski definition) is 2. The average Bonchev–Trinajstić information content (AvgIpc) is 2.29. The molecule has 16 heavy (non-hydrogen) atoms. The fraction of sp³-hybridized carbons (Fsp3) is 0.333. The summed E-state index contributed by atoms with van der Waals surface area (Å²) in [5, 5.41) is 8.68. The molecule has 1 aromatic carbocycles. The number of hydrogen-bond donors (Lipinski definition) is 0. The van der Waals surface area contributed by atoms with Crippen LogP contribution in [0.25, 0.3) is 0 Å². The first-order chi connectivity index (χ1) is 7.47. The molecule has 0 aliphatic rings. The largest absolute Gasteiger partial charge is 0.326 e. The number of halogens is 1. The van der Waals surface area contributed by atoms with Crippen LogP contribution in [0.5, 0.6) is 0 Å². The molecule has 0 spiro atoms. The Labute approximate surface area is 94.1 Å². The molecule has 0 bridgehead atoms. The summed E-state index contributed by atoms with van der Waals surface area (Å²) in [5.74, 6) is -0.767. The summed E-state index contributed by atoms with van der Waals surface area (Å²) in [5.41, 5.74) is 0.750. The van der Waals surface area contributed by atoms with Gasteiger partial charge in [-0.1, -0.05) is 6.07 Å². The van der Waals surface area contributed by atoms with Crippen LogP contribution in [0.15, 0.2) is 18.2 Å². The maximum absolute atomic E-state index is 13.3. The standard InChI is InChI=1S/C12H13FN2O/c1-8-4-5-10(6-11(8)13)12(16)15(3)9(2)7-14/h4-6,9H,1-3H3. The Kier molecular flexibility index (Phi) is 3.62. The van der Waals surface area contributed by atoms with Gasteiger partial charge >= 0.3 is 0 Å². The molecule has 0 radical (unpaired) electrons. The van der Waals surface area contributed by atoms with Gasteiger partial charge < -0.3 is 4.90 Å². The van der Waals surface area contributed by atoms with Crippen LogP contribution in [0.1, 0.15) is 22.8 Å². The Bertz CT molecular complexity index is 451. The minimum absolute atomic E-state index is 0.257. The van der Waals surface area contributed by atoms with Crippen molar-refractivity contribution in [1.82, 2.24) is 4.90 Å². The van der Waals surface area contributed by atoms with Gasteiger partial charge in [-0.3, -0.25) is 4.79 Å². The van der Waals surface area contributed by atoms with Gasteiger partial charge in [0.15, 0.2) is 0 Å². The van der Waals surface area contributed by atoms with E-state index in [2.05, 4.69) is 0 Å². The predicted octanol–water partition coefficient (Wildman–Crippen LogP) is 2.12. The van der Waals surface area contributed by atoms with Crippen LogP contribution in [-0.2, 0) is 0 Å². The number of amides is 1. The Hall–Kier alpha value is -1.89. The Balaban J connectivity index is 2.98. The van der Waals surface area contributed by atoms with Gasteiger partial charge in [0.1, 0.15) is 11.9 Å². The smallest absolute Gasteiger partial charge is 0.254 e. The van der Waals surface area contributed by atoms with Crippen molar-refractivity contribution in [2.45, 2.75) is 19.9 Å². The highest BCUT2D eigenvalue weighted by atomic mass is 19.1. The Morgan fingerprint density at radius 2 is 2.19 bits per heavy atom. The van der Waals surface area contributed by atoms with Gasteiger partial charge in [0.2, 0.25) is 0 Å². The quantitative estimate of drug-likeness (QED) is 0.766. The number of benzene rings is 1. The monoisotopic (exact) mass is 220 g/mol. The van der Waals surface area contributed by atoms with Crippen LogP contribution in [0.2, 0.25) is 0 Å². The van der Waals surface area contributed by atoms with Crippen LogP contribution < -0.4 is 0 Å². The Morgan fingerprint density at radius 3 is 2.69 bits per heavy atom. The van der Waals surface area contributed by atoms with E-state index < -0.39 is 11.9 Å². The van der Waals surface area contributed by atoms with Crippen LogP contribution in [0.3, 0.4) is 0 Å². The zero-order chi connectivity index (χ0) is 12.3. The van der Waals surface area contributed by atoms with Crippen LogP contribution in [0, 0.1) is 24.1 Å². The average molecular weight is 220 g/mol. The van der Waals surface area contributed by atoms with E-state index in [9.17, 15) is 9.18 Å². The zero-order valence-corrected chi connectivity index (χ0v) is 9.49. The van der Waals surface area contributed by atoms with E-state index in [1.807, 2.05) is 6.07 Å². The summed E-state index contributed by atoms with van der Waals surface area (Å²) < 4.78 is 13.3. The first-order valence-electron chi connectivity index (χ1n) is 4.90. The molecule has 1 atom stereocenters. The summed E-state index contributed by atoms with van der Waals surface area (Å²) in [7, 11) is 1.52. The highest BCUT2D eigenvalue weighted by molar-refractivity contribution is 5.94. The third-order valence-electron chi connectivity index (χ3n) is 2.51. The molecule has 0 aliphatic carbocycles. The molecule has 1 unspecified atom stereocenters. The van der Waals surface area contributed by atoms with E-state index in [0.717, 1.165) is 0 Å². The van der Waals surface area contributed by atoms with Crippen molar-refractivity contribution in [2.75, 3.05) is 7.05 Å². The fourth-order valence-electron chi connectivity index (χ4n) is 1.19. The molecule has 0 saturated heterocycles. The van der Waals surface area contributed by atoms with Crippen molar-refractivity contribution < 1.29 is 9.18 Å². The second-order valence-electron chi connectivity index (χ2n) is 3.69. The van der Waals surface area contributed by atoms with E-state index in [4.69, 9.17) is 5.26 Å². The molecular formula is C12H13FN2O. The second-order valence-corrected chi connectivity index (χ2v) is 3.69. The molecule has 84 valence electrons. The maximum Gasteiger partial charge on any atom is 0.254 e. The van der Waals surface area contributed by atoms with Crippen LogP contribution >= 0.6 is 0 Å². The van der Waals surface area contributed by atoms with Crippen LogP contribution in [-0.4, -0.2) is 23.9 Å². The molecule has 0 N–H and O–H groups in total. The maximum atomic E-state index is 13.3. The molecule has 3 nitrogen and oxygen atoms in total. The van der Waals surface area contributed by atoms with Crippen molar-refractivity contribution in [1.29, 1.82) is 5.26 Å². The van der Waals surface area contributed by atoms with Gasteiger partial charge in [0.05, 0.1) is 6.07 Å². The highest BCUT2D eigenvalue weighted by Gasteiger charge is 2.17. The van der Waals surface area contributed by atoms with Gasteiger partial charge in [-0.2, -0.15) is 5.26 Å². The lowest BCUT2D eigenvalue weighted by atomic mass is 10.1. The van der Waals surface area contributed by atoms with Crippen LogP contribution in [0.4, 0.5) is 4.39 Å². The van der Waals surface area contributed by atoms with Crippen molar-refractivity contribution >= 4 is 5.91 Å². The zero-order valence-electron chi connectivity index (χ0n) is 9.49. The van der Waals surface area contributed by atoms with Crippen molar-refractivity contribution in [3.8, 4) is 6.07 Å². The molecule has 0 aromatic heterocycles. The molecule has 0 heterocycles. The second kappa shape index (κ2) is 4.75. The number of carbonyl (C=O) groups excluding carboxylic acids is 1. The topological polar surface area (TPSA) is 44.1 Å². The van der Waals surface area contributed by atoms with Gasteiger partial charge in [0, 0.05) is 12.6 Å². The van der Waals surface area contributed by atoms with Crippen molar-refractivity contribution in [3.63, 3.8) is 0 Å². The lowest BCUT2D eigenvalue weighted by molar-refractivity contribution is 0.0772. The summed E-state index contributed by atoms with van der Waals surface area (Å²) in [4.78, 5) is 13.1. The minimum atomic E-state index is -0.531. The van der Waals surface area contributed by atoms with E-state index in [-0.39, 0.29) is 11.5 Å². The third kappa shape index (κ3) is 2.37. The van der Waals surface area contributed by atoms with E-state index >= 15 is 0 Å². The molecule has 1 aromatic rings. The summed E-state index contributed by atoms with van der Waals surface area (Å²) in [6.07, 6.45) is 0. The van der Waals surface area contributed by atoms with E-state index in [1.165, 1.54) is 18.0 Å². The third-order valence-corrected chi connectivity index (χ3v) is 2.51. The molecular weight excluding hydrogens is 207 g/mol. The highest BCUT2D eigenvalue weighted by Crippen LogP contribution is 2.12. The summed E-state index contributed by atoms with van der Waals surface area (Å²) >= 11 is 0. The van der Waals surface area contributed by atoms with Gasteiger partial charge in [-0.15, -0.1) is 0 Å². The number of rotatable bonds is 2. The SMILES string of the molecule is Cc1ccc(C(=O)N(C)C(C)C#N)cc1F. The summed E-state index contributed by atoms with van der Waals surface area (Å²) in [6.45, 7) is 3.24. The molecule has 1 amide bonds. The first kappa shape index (κ1) is 12.2. The molecule has 0 fully saturated rings. The number of nitriles is 1. The predicted molar refractivity (Wildman–Crippen MR) is 58.3 cm³/mol. The first-order valence-corrected chi connectivity index (χ1v) is 4.90. The number of carbonyl (C=O) groups is 1. The fourth-order valence-corrected chi connectivity index (χ4v) is 1.19. The lowest BCUT2D eigenvalue weighted by Gasteiger charge is -2.19. The molecule has 1 rings (SSSR count). The number of aryl methyl sites for hydroxylation is 1. The van der Waals surface area contributed by atoms with Gasteiger partial charge in [0.25, 0.3) is 5.91 Å². The number of nitrogens with zero attached hydrogens (tertiary/aromatic N) is 2. The van der Waals surface area contributed by atoms with Crippen molar-refractivity contribution in [3.05, 3.63) is 35.1 Å². The van der Waals surface area contributed by atoms with E-state index in [1.54, 1.807) is 26.0 Å². The minimum Gasteiger partial charge on any atom is -0.326 e. The van der Waals surface area contributed by atoms with E-state index in [0.29, 0.717) is 5.56 Å². The lowest BCUT2D eigenvalue weighted by Crippen LogP contribution is -2.34. The molecule has 0 aliphatic heterocycles. The summed E-state index contributed by atoms with van der Waals surface area (Å²) in [6, 6.07) is 5.72. The van der Waals surface area contributed by atoms with Gasteiger partial charge in [-0.25, -0.2) is 4.39 Å². The van der Waals surface area contributed by atoms with Crippen molar-refractivity contribution in [2.24, 2.45) is 0 Å². The molecule has 4 heteroatoms. The Morgan fingerprint density at radius 1 is 1.56 bits per heavy atom. The van der Waals surface area contributed by atoms with Gasteiger partial charge in [-0.05, 0) is 31.5 Å².